The number of amides is 1. The Bertz CT molecular complexity index is 1160. The van der Waals surface area contributed by atoms with Crippen molar-refractivity contribution in [1.82, 2.24) is 14.9 Å². The molecule has 2 aromatic heterocycles. The highest BCUT2D eigenvalue weighted by atomic mass is 79.9. The van der Waals surface area contributed by atoms with Crippen LogP contribution in [-0.4, -0.2) is 27.3 Å². The summed E-state index contributed by atoms with van der Waals surface area (Å²) in [6, 6.07) is 16.3. The van der Waals surface area contributed by atoms with Crippen LogP contribution in [0, 0.1) is 0 Å². The van der Waals surface area contributed by atoms with E-state index >= 15 is 0 Å². The third-order valence-electron chi connectivity index (χ3n) is 5.45. The average molecular weight is 408 g/mol. The maximum atomic E-state index is 13.3. The van der Waals surface area contributed by atoms with E-state index in [-0.39, 0.29) is 11.9 Å². The average Bonchev–Trinajstić information content (AvgIpc) is 3.21. The van der Waals surface area contributed by atoms with Gasteiger partial charge in [-0.05, 0) is 47.0 Å². The number of para-hydroxylation sites is 2. The molecular weight excluding hydrogens is 390 g/mol. The molecule has 130 valence electrons. The summed E-state index contributed by atoms with van der Waals surface area (Å²) in [4.78, 5) is 22.0. The van der Waals surface area contributed by atoms with Gasteiger partial charge in [-0.3, -0.25) is 4.79 Å². The smallest absolute Gasteiger partial charge is 0.272 e. The summed E-state index contributed by atoms with van der Waals surface area (Å²) in [5.41, 5.74) is 5.23. The zero-order chi connectivity index (χ0) is 17.8. The Balaban J connectivity index is 1.56. The van der Waals surface area contributed by atoms with E-state index in [9.17, 15) is 4.79 Å². The van der Waals surface area contributed by atoms with Gasteiger partial charge < -0.3 is 14.9 Å². The van der Waals surface area contributed by atoms with Gasteiger partial charge in [0.15, 0.2) is 0 Å². The predicted molar refractivity (Wildman–Crippen MR) is 107 cm³/mol. The van der Waals surface area contributed by atoms with Crippen LogP contribution in [0.15, 0.2) is 53.0 Å². The molecule has 0 bridgehead atoms. The van der Waals surface area contributed by atoms with Crippen molar-refractivity contribution < 1.29 is 4.79 Å². The quantitative estimate of drug-likeness (QED) is 0.449. The van der Waals surface area contributed by atoms with Gasteiger partial charge >= 0.3 is 0 Å². The van der Waals surface area contributed by atoms with Crippen molar-refractivity contribution in [3.05, 3.63) is 70.0 Å². The lowest BCUT2D eigenvalue weighted by Crippen LogP contribution is -2.39. The number of hydrogen-bond donors (Lipinski definition) is 2. The Morgan fingerprint density at radius 2 is 1.69 bits per heavy atom. The van der Waals surface area contributed by atoms with E-state index in [1.54, 1.807) is 0 Å². The van der Waals surface area contributed by atoms with Crippen molar-refractivity contribution in [3.63, 3.8) is 0 Å². The number of H-pyrrole nitrogens is 2. The first-order valence-corrected chi connectivity index (χ1v) is 9.61. The normalized spacial score (nSPS) is 17.0. The van der Waals surface area contributed by atoms with E-state index in [1.165, 1.54) is 10.9 Å². The molecule has 4 aromatic rings. The van der Waals surface area contributed by atoms with Crippen LogP contribution in [0.25, 0.3) is 21.8 Å². The van der Waals surface area contributed by atoms with Crippen molar-refractivity contribution in [2.24, 2.45) is 0 Å². The van der Waals surface area contributed by atoms with Crippen LogP contribution in [0.2, 0.25) is 0 Å². The van der Waals surface area contributed by atoms with Crippen LogP contribution in [-0.2, 0) is 6.42 Å². The Morgan fingerprint density at radius 3 is 2.42 bits per heavy atom. The second-order valence-electron chi connectivity index (χ2n) is 6.85. The summed E-state index contributed by atoms with van der Waals surface area (Å²) in [5.74, 6) is 0.0323. The van der Waals surface area contributed by atoms with Gasteiger partial charge in [-0.2, -0.15) is 0 Å². The summed E-state index contributed by atoms with van der Waals surface area (Å²) in [6.07, 6.45) is 0.868. The van der Waals surface area contributed by atoms with Gasteiger partial charge in [-0.1, -0.05) is 36.4 Å². The third-order valence-corrected chi connectivity index (χ3v) is 6.28. The van der Waals surface area contributed by atoms with Crippen LogP contribution in [0.1, 0.15) is 34.7 Å². The van der Waals surface area contributed by atoms with Gasteiger partial charge in [-0.25, -0.2) is 0 Å². The number of nitrogens with zero attached hydrogens (tertiary/aromatic N) is 1. The molecule has 0 fully saturated rings. The number of carbonyl (C=O) groups is 1. The standard InChI is InChI=1S/C21H18BrN3O/c1-12-19-14(13-6-2-4-8-16(13)23-19)10-11-25(12)21(26)20-18(22)15-7-3-5-9-17(15)24-20/h2-9,12,23-24H,10-11H2,1H3/t12-/m0/s1. The summed E-state index contributed by atoms with van der Waals surface area (Å²) < 4.78 is 0.841. The number of benzene rings is 2. The molecule has 1 amide bonds. The van der Waals surface area contributed by atoms with E-state index in [0.717, 1.165) is 39.6 Å². The number of fused-ring (bicyclic) bond motifs is 4. The van der Waals surface area contributed by atoms with Crippen molar-refractivity contribution in [2.45, 2.75) is 19.4 Å². The third kappa shape index (κ3) is 2.16. The fourth-order valence-electron chi connectivity index (χ4n) is 4.10. The van der Waals surface area contributed by atoms with Gasteiger partial charge in [0, 0.05) is 34.0 Å². The monoisotopic (exact) mass is 407 g/mol. The van der Waals surface area contributed by atoms with E-state index in [0.29, 0.717) is 5.69 Å². The Labute approximate surface area is 159 Å². The lowest BCUT2D eigenvalue weighted by molar-refractivity contribution is 0.0668. The molecule has 4 nitrogen and oxygen atoms in total. The molecule has 0 saturated carbocycles. The van der Waals surface area contributed by atoms with Crippen LogP contribution in [0.3, 0.4) is 0 Å². The molecule has 2 N–H and O–H groups in total. The number of aromatic amines is 2. The predicted octanol–water partition coefficient (Wildman–Crippen LogP) is 5.17. The molecule has 0 radical (unpaired) electrons. The zero-order valence-corrected chi connectivity index (χ0v) is 15.9. The number of carbonyl (C=O) groups excluding carboxylic acids is 1. The highest BCUT2D eigenvalue weighted by Crippen LogP contribution is 2.36. The molecule has 1 atom stereocenters. The van der Waals surface area contributed by atoms with Gasteiger partial charge in [-0.15, -0.1) is 0 Å². The molecule has 1 aliphatic heterocycles. The molecule has 0 aliphatic carbocycles. The van der Waals surface area contributed by atoms with Crippen LogP contribution in [0.5, 0.6) is 0 Å². The van der Waals surface area contributed by atoms with Crippen LogP contribution in [0.4, 0.5) is 0 Å². The van der Waals surface area contributed by atoms with E-state index in [4.69, 9.17) is 0 Å². The molecular formula is C21H18BrN3O. The lowest BCUT2D eigenvalue weighted by Gasteiger charge is -2.33. The van der Waals surface area contributed by atoms with Gasteiger partial charge in [0.25, 0.3) is 5.91 Å². The first kappa shape index (κ1) is 15.7. The molecule has 2 aromatic carbocycles. The molecule has 1 aliphatic rings. The Kier molecular flexibility index (Phi) is 3.47. The van der Waals surface area contributed by atoms with Gasteiger partial charge in [0.1, 0.15) is 5.69 Å². The summed E-state index contributed by atoms with van der Waals surface area (Å²) in [6.45, 7) is 2.82. The number of hydrogen-bond acceptors (Lipinski definition) is 1. The first-order chi connectivity index (χ1) is 12.6. The van der Waals surface area contributed by atoms with Crippen LogP contribution >= 0.6 is 15.9 Å². The number of nitrogens with one attached hydrogen (secondary N) is 2. The van der Waals surface area contributed by atoms with E-state index < -0.39 is 0 Å². The summed E-state index contributed by atoms with van der Waals surface area (Å²) in [7, 11) is 0. The Hall–Kier alpha value is -2.53. The second-order valence-corrected chi connectivity index (χ2v) is 7.64. The van der Waals surface area contributed by atoms with Gasteiger partial charge in [0.05, 0.1) is 10.5 Å². The van der Waals surface area contributed by atoms with Gasteiger partial charge in [0.2, 0.25) is 0 Å². The second kappa shape index (κ2) is 5.74. The highest BCUT2D eigenvalue weighted by Gasteiger charge is 2.32. The largest absolute Gasteiger partial charge is 0.356 e. The topological polar surface area (TPSA) is 51.9 Å². The van der Waals surface area contributed by atoms with Crippen molar-refractivity contribution in [2.75, 3.05) is 6.54 Å². The van der Waals surface area contributed by atoms with Crippen molar-refractivity contribution in [1.29, 1.82) is 0 Å². The number of aromatic nitrogens is 2. The van der Waals surface area contributed by atoms with Crippen molar-refractivity contribution >= 4 is 43.6 Å². The number of rotatable bonds is 1. The molecule has 0 unspecified atom stereocenters. The molecule has 0 spiro atoms. The fraction of sp³-hybridized carbons (Fsp3) is 0.190. The first-order valence-electron chi connectivity index (χ1n) is 8.82. The molecule has 5 rings (SSSR count). The SMILES string of the molecule is C[C@H]1c2[nH]c3ccccc3c2CCN1C(=O)c1[nH]c2ccccc2c1Br. The molecule has 3 heterocycles. The molecule has 0 saturated heterocycles. The Morgan fingerprint density at radius 1 is 1.04 bits per heavy atom. The molecule has 5 heteroatoms. The highest BCUT2D eigenvalue weighted by molar-refractivity contribution is 9.10. The minimum absolute atomic E-state index is 0.0111. The molecule has 26 heavy (non-hydrogen) atoms. The zero-order valence-electron chi connectivity index (χ0n) is 14.3. The maximum Gasteiger partial charge on any atom is 0.272 e. The fourth-order valence-corrected chi connectivity index (χ4v) is 4.72. The maximum absolute atomic E-state index is 13.3. The van der Waals surface area contributed by atoms with Crippen molar-refractivity contribution in [3.8, 4) is 0 Å². The summed E-state index contributed by atoms with van der Waals surface area (Å²) >= 11 is 3.61. The lowest BCUT2D eigenvalue weighted by atomic mass is 9.98. The van der Waals surface area contributed by atoms with Crippen LogP contribution < -0.4 is 0 Å². The summed E-state index contributed by atoms with van der Waals surface area (Å²) in [5, 5.41) is 2.31. The minimum Gasteiger partial charge on any atom is -0.356 e. The van der Waals surface area contributed by atoms with E-state index in [1.807, 2.05) is 35.2 Å². The number of halogens is 1. The van der Waals surface area contributed by atoms with E-state index in [2.05, 4.69) is 51.0 Å². The minimum atomic E-state index is 0.0111.